The first-order valence-corrected chi connectivity index (χ1v) is 9.12. The van der Waals surface area contributed by atoms with Crippen LogP contribution >= 0.6 is 0 Å². The SMILES string of the molecule is C=C[C@]1(C)CC[C@]2(C)[C@H](C)CC[C@]3(C[C@H](F)C(=O)[C@@H]23)[C@@H](C)[C@@H]1O. The van der Waals surface area contributed by atoms with Crippen molar-refractivity contribution in [1.29, 1.82) is 0 Å². The van der Waals surface area contributed by atoms with Gasteiger partial charge >= 0.3 is 0 Å². The van der Waals surface area contributed by atoms with E-state index in [1.165, 1.54) is 0 Å². The third-order valence-electron chi connectivity index (χ3n) is 8.28. The lowest BCUT2D eigenvalue weighted by molar-refractivity contribution is -0.159. The lowest BCUT2D eigenvalue weighted by Crippen LogP contribution is -2.57. The van der Waals surface area contributed by atoms with Gasteiger partial charge in [-0.15, -0.1) is 6.58 Å². The molecule has 0 spiro atoms. The molecule has 3 rings (SSSR count). The van der Waals surface area contributed by atoms with Crippen LogP contribution in [0.4, 0.5) is 4.39 Å². The van der Waals surface area contributed by atoms with Crippen molar-refractivity contribution in [3.8, 4) is 0 Å². The summed E-state index contributed by atoms with van der Waals surface area (Å²) in [4.78, 5) is 12.8. The van der Waals surface area contributed by atoms with E-state index in [2.05, 4.69) is 27.4 Å². The van der Waals surface area contributed by atoms with Gasteiger partial charge < -0.3 is 5.11 Å². The number of aliphatic hydroxyl groups is 1. The highest BCUT2D eigenvalue weighted by molar-refractivity contribution is 5.89. The number of aliphatic hydroxyl groups excluding tert-OH is 1. The van der Waals surface area contributed by atoms with Crippen molar-refractivity contribution in [2.75, 3.05) is 0 Å². The topological polar surface area (TPSA) is 37.3 Å². The molecule has 0 heterocycles. The van der Waals surface area contributed by atoms with Crippen LogP contribution in [-0.4, -0.2) is 23.2 Å². The van der Waals surface area contributed by atoms with Gasteiger partial charge in [-0.3, -0.25) is 4.79 Å². The van der Waals surface area contributed by atoms with Crippen molar-refractivity contribution in [1.82, 2.24) is 0 Å². The lowest BCUT2D eigenvalue weighted by Gasteiger charge is -2.59. The van der Waals surface area contributed by atoms with Gasteiger partial charge in [-0.2, -0.15) is 0 Å². The molecule has 0 aromatic carbocycles. The van der Waals surface area contributed by atoms with Gasteiger partial charge in [0.1, 0.15) is 0 Å². The zero-order chi connectivity index (χ0) is 17.2. The summed E-state index contributed by atoms with van der Waals surface area (Å²) in [5.41, 5.74) is -0.927. The molecule has 23 heavy (non-hydrogen) atoms. The second kappa shape index (κ2) is 5.15. The number of halogens is 1. The van der Waals surface area contributed by atoms with Gasteiger partial charge in [0.25, 0.3) is 0 Å². The second-order valence-corrected chi connectivity index (χ2v) is 9.13. The van der Waals surface area contributed by atoms with E-state index in [1.54, 1.807) is 0 Å². The standard InChI is InChI=1S/C20H31FO2/c1-6-18(4)9-10-19(5)12(2)7-8-20(13(3)17(18)23)11-14(21)15(22)16(19)20/h6,12-14,16-17,23H,1,7-11H2,2-5H3/t12-,13+,14+,16+,17+,18-,19-,20+/m1/s1. The Balaban J connectivity index is 2.17. The Labute approximate surface area is 139 Å². The van der Waals surface area contributed by atoms with Gasteiger partial charge in [0.05, 0.1) is 6.10 Å². The summed E-state index contributed by atoms with van der Waals surface area (Å²) in [7, 11) is 0. The molecule has 3 aliphatic rings. The molecular formula is C20H31FO2. The summed E-state index contributed by atoms with van der Waals surface area (Å²) in [5.74, 6) is -0.119. The molecular weight excluding hydrogens is 291 g/mol. The highest BCUT2D eigenvalue weighted by Gasteiger charge is 2.67. The fourth-order valence-electron chi connectivity index (χ4n) is 6.21. The Bertz CT molecular complexity index is 532. The monoisotopic (exact) mass is 322 g/mol. The maximum atomic E-state index is 14.5. The maximum absolute atomic E-state index is 14.5. The number of rotatable bonds is 1. The molecule has 2 nitrogen and oxygen atoms in total. The van der Waals surface area contributed by atoms with Gasteiger partial charge in [-0.1, -0.05) is 33.8 Å². The molecule has 0 aliphatic heterocycles. The van der Waals surface area contributed by atoms with Gasteiger partial charge in [0.2, 0.25) is 0 Å². The van der Waals surface area contributed by atoms with Crippen molar-refractivity contribution >= 4 is 5.78 Å². The van der Waals surface area contributed by atoms with Gasteiger partial charge in [0, 0.05) is 11.3 Å². The molecule has 3 aliphatic carbocycles. The summed E-state index contributed by atoms with van der Waals surface area (Å²) < 4.78 is 14.5. The van der Waals surface area contributed by atoms with Crippen LogP contribution in [0.5, 0.6) is 0 Å². The molecule has 8 atom stereocenters. The Kier molecular flexibility index (Phi) is 3.83. The van der Waals surface area contributed by atoms with E-state index < -0.39 is 12.3 Å². The van der Waals surface area contributed by atoms with Crippen molar-refractivity contribution in [2.45, 2.75) is 72.1 Å². The minimum Gasteiger partial charge on any atom is -0.392 e. The predicted octanol–water partition coefficient (Wildman–Crippen LogP) is 4.32. The highest BCUT2D eigenvalue weighted by Crippen LogP contribution is 2.67. The average molecular weight is 322 g/mol. The van der Waals surface area contributed by atoms with E-state index in [0.717, 1.165) is 25.7 Å². The zero-order valence-corrected chi connectivity index (χ0v) is 14.9. The van der Waals surface area contributed by atoms with Gasteiger partial charge in [-0.25, -0.2) is 4.39 Å². The molecule has 0 amide bonds. The van der Waals surface area contributed by atoms with E-state index >= 15 is 0 Å². The Hall–Kier alpha value is -0.700. The quantitative estimate of drug-likeness (QED) is 0.730. The zero-order valence-electron chi connectivity index (χ0n) is 14.9. The fraction of sp³-hybridized carbons (Fsp3) is 0.850. The largest absolute Gasteiger partial charge is 0.392 e. The van der Waals surface area contributed by atoms with Crippen LogP contribution in [-0.2, 0) is 4.79 Å². The predicted molar refractivity (Wildman–Crippen MR) is 89.7 cm³/mol. The van der Waals surface area contributed by atoms with Crippen LogP contribution in [0.15, 0.2) is 12.7 Å². The summed E-state index contributed by atoms with van der Waals surface area (Å²) in [5, 5.41) is 11.1. The highest BCUT2D eigenvalue weighted by atomic mass is 19.1. The molecule has 130 valence electrons. The number of hydrogen-bond donors (Lipinski definition) is 1. The van der Waals surface area contributed by atoms with Crippen molar-refractivity contribution in [3.05, 3.63) is 12.7 Å². The van der Waals surface area contributed by atoms with Gasteiger partial charge in [-0.05, 0) is 54.8 Å². The summed E-state index contributed by atoms with van der Waals surface area (Å²) >= 11 is 0. The Morgan fingerprint density at radius 3 is 2.52 bits per heavy atom. The smallest absolute Gasteiger partial charge is 0.171 e. The molecule has 0 aromatic rings. The minimum absolute atomic E-state index is 0.0904. The average Bonchev–Trinajstić information content (AvgIpc) is 2.80. The number of alkyl halides is 1. The molecule has 0 saturated heterocycles. The van der Waals surface area contributed by atoms with Crippen LogP contribution in [0.25, 0.3) is 0 Å². The van der Waals surface area contributed by atoms with Crippen LogP contribution in [0.1, 0.15) is 59.8 Å². The molecule has 3 heteroatoms. The second-order valence-electron chi connectivity index (χ2n) is 9.13. The maximum Gasteiger partial charge on any atom is 0.171 e. The van der Waals surface area contributed by atoms with Crippen LogP contribution in [0.2, 0.25) is 0 Å². The van der Waals surface area contributed by atoms with Crippen molar-refractivity contribution in [2.24, 2.45) is 34.0 Å². The van der Waals surface area contributed by atoms with Gasteiger partial charge in [0.15, 0.2) is 12.0 Å². The Morgan fingerprint density at radius 1 is 1.26 bits per heavy atom. The number of carbonyl (C=O) groups is 1. The normalized spacial score (nSPS) is 56.6. The third-order valence-corrected chi connectivity index (χ3v) is 8.28. The van der Waals surface area contributed by atoms with Crippen LogP contribution in [0, 0.1) is 34.0 Å². The van der Waals surface area contributed by atoms with E-state index in [9.17, 15) is 14.3 Å². The van der Waals surface area contributed by atoms with Crippen LogP contribution in [0.3, 0.4) is 0 Å². The first-order valence-electron chi connectivity index (χ1n) is 9.12. The third kappa shape index (κ3) is 2.04. The molecule has 0 unspecified atom stereocenters. The lowest BCUT2D eigenvalue weighted by atomic mass is 9.44. The molecule has 3 fully saturated rings. The molecule has 2 bridgehead atoms. The van der Waals surface area contributed by atoms with Crippen molar-refractivity contribution < 1.29 is 14.3 Å². The summed E-state index contributed by atoms with van der Waals surface area (Å²) in [6.45, 7) is 12.5. The first-order chi connectivity index (χ1) is 10.6. The van der Waals surface area contributed by atoms with E-state index in [4.69, 9.17) is 0 Å². The molecule has 0 radical (unpaired) electrons. The van der Waals surface area contributed by atoms with Crippen LogP contribution < -0.4 is 0 Å². The molecule has 0 aromatic heterocycles. The summed E-state index contributed by atoms with van der Waals surface area (Å²) in [6, 6.07) is 0. The van der Waals surface area contributed by atoms with E-state index in [0.29, 0.717) is 12.3 Å². The number of Topliss-reactive ketones (excluding diaryl/α,β-unsaturated/α-hetero) is 1. The molecule has 1 N–H and O–H groups in total. The molecule has 3 saturated carbocycles. The van der Waals surface area contributed by atoms with Crippen molar-refractivity contribution in [3.63, 3.8) is 0 Å². The minimum atomic E-state index is -1.35. The number of hydrogen-bond acceptors (Lipinski definition) is 2. The number of carbonyl (C=O) groups excluding carboxylic acids is 1. The Morgan fingerprint density at radius 2 is 1.91 bits per heavy atom. The number of ketones is 1. The van der Waals surface area contributed by atoms with E-state index in [-0.39, 0.29) is 33.9 Å². The summed E-state index contributed by atoms with van der Waals surface area (Å²) in [6.07, 6.45) is 3.78. The van der Waals surface area contributed by atoms with E-state index in [1.807, 2.05) is 13.0 Å². The first kappa shape index (κ1) is 17.1. The fourth-order valence-corrected chi connectivity index (χ4v) is 6.21.